The van der Waals surface area contributed by atoms with Gasteiger partial charge >= 0.3 is 0 Å². The molecule has 4 atom stereocenters. The van der Waals surface area contributed by atoms with Gasteiger partial charge in [-0.25, -0.2) is 8.78 Å². The number of ether oxygens (including phenoxy) is 1. The average molecular weight is 376 g/mol. The summed E-state index contributed by atoms with van der Waals surface area (Å²) in [6.07, 6.45) is 2.38. The van der Waals surface area contributed by atoms with Gasteiger partial charge in [-0.2, -0.15) is 0 Å². The maximum absolute atomic E-state index is 13.3. The summed E-state index contributed by atoms with van der Waals surface area (Å²) in [6, 6.07) is 6.78. The van der Waals surface area contributed by atoms with Gasteiger partial charge in [0.2, 0.25) is 0 Å². The molecule has 2 aliphatic rings. The third-order valence-electron chi connectivity index (χ3n) is 5.52. The van der Waals surface area contributed by atoms with Gasteiger partial charge in [0, 0.05) is 25.7 Å². The molecule has 2 N–H and O–H groups in total. The number of pyridine rings is 1. The lowest BCUT2D eigenvalue weighted by atomic mass is 10.0. The summed E-state index contributed by atoms with van der Waals surface area (Å²) in [5, 5.41) is 19.6. The number of aromatic nitrogens is 1. The number of fused-ring (bicyclic) bond motifs is 1. The topological polar surface area (TPSA) is 65.8 Å². The lowest BCUT2D eigenvalue weighted by Crippen LogP contribution is -2.29. The van der Waals surface area contributed by atoms with Crippen LogP contribution in [0.15, 0.2) is 36.5 Å². The number of likely N-dealkylation sites (tertiary alicyclic amines) is 1. The molecular weight excluding hydrogens is 354 g/mol. The minimum atomic E-state index is -0.895. The number of aliphatic hydroxyl groups is 1. The molecule has 2 unspecified atom stereocenters. The molecule has 5 nitrogen and oxygen atoms in total. The summed E-state index contributed by atoms with van der Waals surface area (Å²) >= 11 is 0. The number of nitrogens with zero attached hydrogens (tertiary/aromatic N) is 2. The molecular formula is C20H22F2N2O3. The summed E-state index contributed by atoms with van der Waals surface area (Å²) < 4.78 is 32.2. The molecule has 4 rings (SSSR count). The molecule has 2 heterocycles. The predicted molar refractivity (Wildman–Crippen MR) is 94.3 cm³/mol. The van der Waals surface area contributed by atoms with Crippen LogP contribution in [0.2, 0.25) is 0 Å². The average Bonchev–Trinajstić information content (AvgIpc) is 3.16. The van der Waals surface area contributed by atoms with Crippen LogP contribution in [-0.2, 0) is 0 Å². The highest BCUT2D eigenvalue weighted by Crippen LogP contribution is 2.40. The SMILES string of the molecule is Oc1ccc(C(O)CN2C[C@H]3CC(Oc4ccc(F)c(F)c4)C[C@H]3C2)nc1. The Morgan fingerprint density at radius 1 is 1.11 bits per heavy atom. The summed E-state index contributed by atoms with van der Waals surface area (Å²) in [4.78, 5) is 6.29. The first-order chi connectivity index (χ1) is 13.0. The largest absolute Gasteiger partial charge is 0.506 e. The van der Waals surface area contributed by atoms with Crippen molar-refractivity contribution < 1.29 is 23.7 Å². The second-order valence-corrected chi connectivity index (χ2v) is 7.48. The lowest BCUT2D eigenvalue weighted by Gasteiger charge is -2.22. The second kappa shape index (κ2) is 7.40. The number of aromatic hydroxyl groups is 1. The Hall–Kier alpha value is -2.25. The van der Waals surface area contributed by atoms with Gasteiger partial charge in [0.05, 0.1) is 18.0 Å². The first-order valence-corrected chi connectivity index (χ1v) is 9.15. The fourth-order valence-electron chi connectivity index (χ4n) is 4.26. The third kappa shape index (κ3) is 4.04. The van der Waals surface area contributed by atoms with Crippen LogP contribution in [-0.4, -0.2) is 45.8 Å². The van der Waals surface area contributed by atoms with E-state index in [4.69, 9.17) is 4.74 Å². The molecule has 0 bridgehead atoms. The van der Waals surface area contributed by atoms with Gasteiger partial charge in [0.25, 0.3) is 0 Å². The third-order valence-corrected chi connectivity index (χ3v) is 5.52. The van der Waals surface area contributed by atoms with Crippen LogP contribution < -0.4 is 4.74 Å². The molecule has 1 aliphatic carbocycles. The molecule has 2 fully saturated rings. The van der Waals surface area contributed by atoms with E-state index in [0.29, 0.717) is 29.8 Å². The summed E-state index contributed by atoms with van der Waals surface area (Å²) in [7, 11) is 0. The first-order valence-electron chi connectivity index (χ1n) is 9.15. The summed E-state index contributed by atoms with van der Waals surface area (Å²) in [6.45, 7) is 2.24. The fraction of sp³-hybridized carbons (Fsp3) is 0.450. The zero-order valence-corrected chi connectivity index (χ0v) is 14.8. The van der Waals surface area contributed by atoms with E-state index >= 15 is 0 Å². The van der Waals surface area contributed by atoms with Gasteiger partial charge in [0.15, 0.2) is 11.6 Å². The molecule has 1 aromatic heterocycles. The van der Waals surface area contributed by atoms with Crippen molar-refractivity contribution in [3.05, 3.63) is 53.9 Å². The maximum atomic E-state index is 13.3. The van der Waals surface area contributed by atoms with Gasteiger partial charge in [-0.15, -0.1) is 0 Å². The van der Waals surface area contributed by atoms with E-state index in [2.05, 4.69) is 9.88 Å². The van der Waals surface area contributed by atoms with Crippen molar-refractivity contribution in [3.63, 3.8) is 0 Å². The highest BCUT2D eigenvalue weighted by molar-refractivity contribution is 5.24. The molecule has 1 saturated heterocycles. The number of hydrogen-bond acceptors (Lipinski definition) is 5. The first kappa shape index (κ1) is 18.1. The number of β-amino-alcohol motifs (C(OH)–C–C–N with tert-alkyl or cyclic N) is 1. The molecule has 1 aliphatic heterocycles. The Balaban J connectivity index is 1.29. The van der Waals surface area contributed by atoms with Crippen molar-refractivity contribution in [1.82, 2.24) is 9.88 Å². The van der Waals surface area contributed by atoms with Gasteiger partial charge in [-0.05, 0) is 48.9 Å². The number of hydrogen-bond donors (Lipinski definition) is 2. The highest BCUT2D eigenvalue weighted by atomic mass is 19.2. The van der Waals surface area contributed by atoms with Crippen LogP contribution >= 0.6 is 0 Å². The van der Waals surface area contributed by atoms with Crippen molar-refractivity contribution in [2.45, 2.75) is 25.0 Å². The molecule has 0 spiro atoms. The monoisotopic (exact) mass is 376 g/mol. The number of rotatable bonds is 5. The van der Waals surface area contributed by atoms with Crippen LogP contribution in [0.1, 0.15) is 24.6 Å². The van der Waals surface area contributed by atoms with Crippen molar-refractivity contribution in [2.24, 2.45) is 11.8 Å². The van der Waals surface area contributed by atoms with Crippen LogP contribution in [0.3, 0.4) is 0 Å². The van der Waals surface area contributed by atoms with E-state index in [0.717, 1.165) is 38.1 Å². The van der Waals surface area contributed by atoms with Crippen LogP contribution in [0.4, 0.5) is 8.78 Å². The second-order valence-electron chi connectivity index (χ2n) is 7.48. The minimum Gasteiger partial charge on any atom is -0.506 e. The molecule has 1 saturated carbocycles. The molecule has 27 heavy (non-hydrogen) atoms. The van der Waals surface area contributed by atoms with Crippen molar-refractivity contribution in [2.75, 3.05) is 19.6 Å². The Bertz CT molecular complexity index is 788. The predicted octanol–water partition coefficient (Wildman–Crippen LogP) is 2.89. The van der Waals surface area contributed by atoms with Crippen LogP contribution in [0.5, 0.6) is 11.5 Å². The highest BCUT2D eigenvalue weighted by Gasteiger charge is 2.42. The number of benzene rings is 1. The Morgan fingerprint density at radius 2 is 1.85 bits per heavy atom. The van der Waals surface area contributed by atoms with E-state index in [9.17, 15) is 19.0 Å². The maximum Gasteiger partial charge on any atom is 0.162 e. The van der Waals surface area contributed by atoms with Crippen LogP contribution in [0, 0.1) is 23.5 Å². The number of aliphatic hydroxyl groups excluding tert-OH is 1. The Labute approximate surface area is 156 Å². The quantitative estimate of drug-likeness (QED) is 0.840. The zero-order chi connectivity index (χ0) is 19.0. The Kier molecular flexibility index (Phi) is 4.97. The van der Waals surface area contributed by atoms with E-state index in [1.165, 1.54) is 18.3 Å². The van der Waals surface area contributed by atoms with Gasteiger partial charge in [0.1, 0.15) is 17.6 Å². The Morgan fingerprint density at radius 3 is 2.48 bits per heavy atom. The molecule has 1 aromatic carbocycles. The van der Waals surface area contributed by atoms with Gasteiger partial charge in [-0.1, -0.05) is 0 Å². The van der Waals surface area contributed by atoms with E-state index in [1.54, 1.807) is 6.07 Å². The molecule has 0 amide bonds. The molecule has 2 aromatic rings. The molecule has 144 valence electrons. The van der Waals surface area contributed by atoms with Crippen molar-refractivity contribution in [1.29, 1.82) is 0 Å². The standard InChI is InChI=1S/C20H22F2N2O3/c21-17-3-2-15(7-18(17)22)27-16-5-12-9-24(10-13(12)6-16)11-20(26)19-4-1-14(25)8-23-19/h1-4,7-8,12-13,16,20,25-26H,5-6,9-11H2/t12-,13+,16?,20?. The lowest BCUT2D eigenvalue weighted by molar-refractivity contribution is 0.113. The normalized spacial score (nSPS) is 26.1. The van der Waals surface area contributed by atoms with E-state index < -0.39 is 17.7 Å². The van der Waals surface area contributed by atoms with Gasteiger partial charge in [-0.3, -0.25) is 9.88 Å². The fourth-order valence-corrected chi connectivity index (χ4v) is 4.26. The zero-order valence-electron chi connectivity index (χ0n) is 14.8. The van der Waals surface area contributed by atoms with Gasteiger partial charge < -0.3 is 14.9 Å². The van der Waals surface area contributed by atoms with Crippen molar-refractivity contribution >= 4 is 0 Å². The summed E-state index contributed by atoms with van der Waals surface area (Å²) in [5.74, 6) is -0.379. The minimum absolute atomic E-state index is 0.00991. The molecule has 0 radical (unpaired) electrons. The van der Waals surface area contributed by atoms with Crippen LogP contribution in [0.25, 0.3) is 0 Å². The number of halogens is 2. The smallest absolute Gasteiger partial charge is 0.162 e. The van der Waals surface area contributed by atoms with Crippen molar-refractivity contribution in [3.8, 4) is 11.5 Å². The molecule has 7 heteroatoms. The van der Waals surface area contributed by atoms with E-state index in [1.807, 2.05) is 0 Å². The van der Waals surface area contributed by atoms with E-state index in [-0.39, 0.29) is 11.9 Å². The summed E-state index contributed by atoms with van der Waals surface area (Å²) in [5.41, 5.74) is 0.546.